The van der Waals surface area contributed by atoms with Crippen molar-refractivity contribution < 1.29 is 0 Å². The Morgan fingerprint density at radius 3 is 2.32 bits per heavy atom. The Labute approximate surface area is 164 Å². The zero-order valence-corrected chi connectivity index (χ0v) is 15.9. The summed E-state index contributed by atoms with van der Waals surface area (Å²) in [4.78, 5) is 10.7. The van der Waals surface area contributed by atoms with Crippen LogP contribution in [-0.4, -0.2) is 28.6 Å². The van der Waals surface area contributed by atoms with Crippen LogP contribution in [-0.2, 0) is 0 Å². The second-order valence-electron chi connectivity index (χ2n) is 6.73. The number of aromatic nitrogens is 3. The van der Waals surface area contributed by atoms with E-state index in [0.29, 0.717) is 11.6 Å². The van der Waals surface area contributed by atoms with Crippen LogP contribution in [0.4, 0.5) is 23.0 Å². The van der Waals surface area contributed by atoms with Crippen LogP contribution in [0.2, 0.25) is 0 Å². The summed E-state index contributed by atoms with van der Waals surface area (Å²) < 4.78 is 2.03. The fraction of sp³-hybridized carbons (Fsp3) is 0.0909. The van der Waals surface area contributed by atoms with Crippen molar-refractivity contribution in [1.82, 2.24) is 14.5 Å². The topological polar surface area (TPSA) is 72.0 Å². The standard InChI is InChI=1S/C22H22N6/c1-27(2)22-24-14-17(15-25-22)16-6-5-7-18(12-16)26-21-9-8-19(13-20(21)23)28-10-3-4-11-28/h3-15,26H,23H2,1-2H3. The molecule has 28 heavy (non-hydrogen) atoms. The van der Waals surface area contributed by atoms with E-state index in [1.54, 1.807) is 0 Å². The fourth-order valence-corrected chi connectivity index (χ4v) is 2.96. The molecule has 6 heteroatoms. The largest absolute Gasteiger partial charge is 0.397 e. The van der Waals surface area contributed by atoms with Gasteiger partial charge in [0, 0.05) is 55.8 Å². The summed E-state index contributed by atoms with van der Waals surface area (Å²) in [5, 5.41) is 3.40. The first-order valence-corrected chi connectivity index (χ1v) is 9.00. The molecular formula is C22H22N6. The van der Waals surface area contributed by atoms with Gasteiger partial charge in [-0.3, -0.25) is 0 Å². The molecule has 0 radical (unpaired) electrons. The maximum absolute atomic E-state index is 6.27. The van der Waals surface area contributed by atoms with E-state index in [1.165, 1.54) is 0 Å². The second kappa shape index (κ2) is 7.44. The van der Waals surface area contributed by atoms with Crippen LogP contribution < -0.4 is 16.0 Å². The van der Waals surface area contributed by atoms with Gasteiger partial charge in [0.15, 0.2) is 0 Å². The van der Waals surface area contributed by atoms with Gasteiger partial charge in [0.1, 0.15) is 0 Å². The minimum atomic E-state index is 0.689. The number of hydrogen-bond donors (Lipinski definition) is 2. The lowest BCUT2D eigenvalue weighted by Gasteiger charge is -2.13. The molecule has 140 valence electrons. The van der Waals surface area contributed by atoms with Crippen LogP contribution >= 0.6 is 0 Å². The molecule has 2 aromatic heterocycles. The van der Waals surface area contributed by atoms with E-state index in [2.05, 4.69) is 21.4 Å². The number of anilines is 4. The van der Waals surface area contributed by atoms with Gasteiger partial charge in [0.2, 0.25) is 5.95 Å². The highest BCUT2D eigenvalue weighted by Crippen LogP contribution is 2.28. The number of nitrogens with zero attached hydrogens (tertiary/aromatic N) is 4. The normalized spacial score (nSPS) is 10.6. The van der Waals surface area contributed by atoms with Crippen LogP contribution in [0.5, 0.6) is 0 Å². The van der Waals surface area contributed by atoms with Crippen molar-refractivity contribution in [1.29, 1.82) is 0 Å². The molecule has 0 spiro atoms. The Morgan fingerprint density at radius 2 is 1.64 bits per heavy atom. The number of hydrogen-bond acceptors (Lipinski definition) is 5. The van der Waals surface area contributed by atoms with Gasteiger partial charge in [-0.25, -0.2) is 9.97 Å². The molecule has 0 atom stereocenters. The summed E-state index contributed by atoms with van der Waals surface area (Å²) in [7, 11) is 3.84. The SMILES string of the molecule is CN(C)c1ncc(-c2cccc(Nc3ccc(-n4cccc4)cc3N)c2)cn1. The van der Waals surface area contributed by atoms with Crippen molar-refractivity contribution in [2.75, 3.05) is 30.0 Å². The van der Waals surface area contributed by atoms with Crippen LogP contribution in [0, 0.1) is 0 Å². The molecule has 0 unspecified atom stereocenters. The molecule has 4 rings (SSSR count). The van der Waals surface area contributed by atoms with E-state index in [1.807, 2.05) is 96.9 Å². The first kappa shape index (κ1) is 17.6. The molecule has 0 bridgehead atoms. The molecule has 0 saturated carbocycles. The first-order chi connectivity index (χ1) is 13.6. The van der Waals surface area contributed by atoms with Crippen molar-refractivity contribution in [3.63, 3.8) is 0 Å². The quantitative estimate of drug-likeness (QED) is 0.512. The van der Waals surface area contributed by atoms with Gasteiger partial charge < -0.3 is 20.5 Å². The van der Waals surface area contributed by atoms with Crippen molar-refractivity contribution in [2.45, 2.75) is 0 Å². The van der Waals surface area contributed by atoms with Gasteiger partial charge in [-0.05, 0) is 48.0 Å². The number of nitrogens with two attached hydrogens (primary N) is 1. The maximum Gasteiger partial charge on any atom is 0.224 e. The van der Waals surface area contributed by atoms with Crippen molar-refractivity contribution >= 4 is 23.0 Å². The lowest BCUT2D eigenvalue weighted by molar-refractivity contribution is 1.000. The monoisotopic (exact) mass is 370 g/mol. The van der Waals surface area contributed by atoms with E-state index in [9.17, 15) is 0 Å². The number of nitrogens with one attached hydrogen (secondary N) is 1. The summed E-state index contributed by atoms with van der Waals surface area (Å²) >= 11 is 0. The van der Waals surface area contributed by atoms with E-state index >= 15 is 0 Å². The van der Waals surface area contributed by atoms with E-state index in [4.69, 9.17) is 5.73 Å². The molecule has 2 heterocycles. The van der Waals surface area contributed by atoms with Gasteiger partial charge in [0.05, 0.1) is 11.4 Å². The van der Waals surface area contributed by atoms with Crippen molar-refractivity contribution in [2.24, 2.45) is 0 Å². The molecule has 0 aliphatic carbocycles. The average molecular weight is 370 g/mol. The third-order valence-electron chi connectivity index (χ3n) is 4.45. The Bertz CT molecular complexity index is 1070. The highest BCUT2D eigenvalue weighted by molar-refractivity contribution is 5.77. The predicted octanol–water partition coefficient (Wildman–Crippen LogP) is 4.33. The molecule has 4 aromatic rings. The summed E-state index contributed by atoms with van der Waals surface area (Å²) in [6.07, 6.45) is 7.66. The highest BCUT2D eigenvalue weighted by Gasteiger charge is 2.06. The van der Waals surface area contributed by atoms with Crippen LogP contribution in [0.1, 0.15) is 0 Å². The minimum absolute atomic E-state index is 0.689. The van der Waals surface area contributed by atoms with Gasteiger partial charge >= 0.3 is 0 Å². The third-order valence-corrected chi connectivity index (χ3v) is 4.45. The van der Waals surface area contributed by atoms with Crippen molar-refractivity contribution in [3.05, 3.63) is 79.4 Å². The third kappa shape index (κ3) is 3.66. The molecule has 3 N–H and O–H groups in total. The Balaban J connectivity index is 1.57. The van der Waals surface area contributed by atoms with Gasteiger partial charge in [0.25, 0.3) is 0 Å². The smallest absolute Gasteiger partial charge is 0.224 e. The Kier molecular flexibility index (Phi) is 4.68. The molecule has 0 amide bonds. The van der Waals surface area contributed by atoms with Crippen molar-refractivity contribution in [3.8, 4) is 16.8 Å². The lowest BCUT2D eigenvalue weighted by Crippen LogP contribution is -2.12. The van der Waals surface area contributed by atoms with E-state index in [0.717, 1.165) is 28.2 Å². The molecule has 0 aliphatic rings. The summed E-state index contributed by atoms with van der Waals surface area (Å²) in [6, 6.07) is 18.1. The van der Waals surface area contributed by atoms with Crippen LogP contribution in [0.15, 0.2) is 79.4 Å². The summed E-state index contributed by atoms with van der Waals surface area (Å²) in [5.74, 6) is 0.689. The lowest BCUT2D eigenvalue weighted by atomic mass is 10.1. The molecule has 0 saturated heterocycles. The number of rotatable bonds is 5. The molecule has 0 fully saturated rings. The Hall–Kier alpha value is -3.80. The van der Waals surface area contributed by atoms with Crippen LogP contribution in [0.3, 0.4) is 0 Å². The van der Waals surface area contributed by atoms with Gasteiger partial charge in [-0.15, -0.1) is 0 Å². The van der Waals surface area contributed by atoms with Gasteiger partial charge in [-0.2, -0.15) is 0 Å². The summed E-state index contributed by atoms with van der Waals surface area (Å²) in [6.45, 7) is 0. The van der Waals surface area contributed by atoms with Crippen LogP contribution in [0.25, 0.3) is 16.8 Å². The molecule has 6 nitrogen and oxygen atoms in total. The first-order valence-electron chi connectivity index (χ1n) is 9.00. The highest BCUT2D eigenvalue weighted by atomic mass is 15.2. The predicted molar refractivity (Wildman–Crippen MR) is 115 cm³/mol. The number of benzene rings is 2. The van der Waals surface area contributed by atoms with E-state index < -0.39 is 0 Å². The molecule has 0 aliphatic heterocycles. The Morgan fingerprint density at radius 1 is 0.893 bits per heavy atom. The summed E-state index contributed by atoms with van der Waals surface area (Å²) in [5.41, 5.74) is 11.8. The van der Waals surface area contributed by atoms with Gasteiger partial charge in [-0.1, -0.05) is 12.1 Å². The zero-order valence-electron chi connectivity index (χ0n) is 15.9. The average Bonchev–Trinajstić information content (AvgIpc) is 3.25. The zero-order chi connectivity index (χ0) is 19.5. The maximum atomic E-state index is 6.27. The molecule has 2 aromatic carbocycles. The second-order valence-corrected chi connectivity index (χ2v) is 6.73. The fourth-order valence-electron chi connectivity index (χ4n) is 2.96. The molecular weight excluding hydrogens is 348 g/mol. The number of nitrogen functional groups attached to an aromatic ring is 1. The van der Waals surface area contributed by atoms with E-state index in [-0.39, 0.29) is 0 Å². The minimum Gasteiger partial charge on any atom is -0.397 e.